The molecule has 2 amide bonds. The highest BCUT2D eigenvalue weighted by Crippen LogP contribution is 2.45. The summed E-state index contributed by atoms with van der Waals surface area (Å²) in [5.74, 6) is -1.59. The van der Waals surface area contributed by atoms with Gasteiger partial charge < -0.3 is 25.5 Å². The fraction of sp³-hybridized carbons (Fsp3) is 0.250. The number of halogens is 2. The zero-order valence-corrected chi connectivity index (χ0v) is 31.6. The number of aliphatic carboxylic acids is 1. The van der Waals surface area contributed by atoms with Crippen LogP contribution in [0, 0.1) is 12.3 Å². The van der Waals surface area contributed by atoms with Crippen molar-refractivity contribution in [2.75, 3.05) is 23.4 Å². The molecule has 4 heterocycles. The summed E-state index contributed by atoms with van der Waals surface area (Å²) in [7, 11) is 0. The van der Waals surface area contributed by atoms with Crippen molar-refractivity contribution in [2.45, 2.75) is 34.8 Å². The summed E-state index contributed by atoms with van der Waals surface area (Å²) in [6, 6.07) is 28.2. The number of carbonyl (C=O) groups is 3. The highest BCUT2D eigenvalue weighted by molar-refractivity contribution is 8.01. The zero-order chi connectivity index (χ0) is 37.9. The van der Waals surface area contributed by atoms with Crippen LogP contribution in [0.5, 0.6) is 0 Å². The van der Waals surface area contributed by atoms with Gasteiger partial charge in [-0.05, 0) is 35.1 Å². The predicted octanol–water partition coefficient (Wildman–Crippen LogP) is 5.91. The maximum absolute atomic E-state index is 13.7. The summed E-state index contributed by atoms with van der Waals surface area (Å²) < 4.78 is 31.3. The van der Waals surface area contributed by atoms with Crippen molar-refractivity contribution in [3.8, 4) is 0 Å². The van der Waals surface area contributed by atoms with E-state index in [1.54, 1.807) is 6.92 Å². The fourth-order valence-electron chi connectivity index (χ4n) is 6.33. The molecule has 0 saturated carbocycles. The minimum atomic E-state index is -3.33. The summed E-state index contributed by atoms with van der Waals surface area (Å²) in [5.41, 5.74) is -0.149. The number of hydrogen-bond acceptors (Lipinski definition) is 13. The standard InChI is InChI=1S/C36H31F2N7O5S4/c1-21-39-34(54-44-21)53-20-35(31(48)49)18-45-29(47)27(30(45)52-19-35)41-28(46)26(43-50-32(37)38)25-17-51-33(40-25)42-36(22-11-5-2-6-12-22,23-13-7-3-8-14-23)24-15-9-4-10-16-24/h2-17,27,30,32H,18-20H2,1H3,(H,40,42)(H,41,46)(H,48,49)/t27?,30-,35?/m1/s1. The van der Waals surface area contributed by atoms with E-state index in [1.165, 1.54) is 45.3 Å². The second-order valence-electron chi connectivity index (χ2n) is 12.4. The van der Waals surface area contributed by atoms with Crippen molar-refractivity contribution in [2.24, 2.45) is 10.6 Å². The van der Waals surface area contributed by atoms with E-state index in [-0.39, 0.29) is 23.7 Å². The van der Waals surface area contributed by atoms with Gasteiger partial charge in [-0.15, -0.1) is 23.1 Å². The van der Waals surface area contributed by atoms with Gasteiger partial charge in [-0.2, -0.15) is 13.2 Å². The van der Waals surface area contributed by atoms with Gasteiger partial charge in [0.2, 0.25) is 5.91 Å². The lowest BCUT2D eigenvalue weighted by Crippen LogP contribution is -2.74. The first-order chi connectivity index (χ1) is 26.1. The number of carbonyl (C=O) groups excluding carboxylic acids is 2. The topological polar surface area (TPSA) is 159 Å². The number of nitrogens with one attached hydrogen (secondary N) is 2. The third kappa shape index (κ3) is 7.42. The number of nitrogens with zero attached hydrogens (tertiary/aromatic N) is 5. The van der Waals surface area contributed by atoms with Gasteiger partial charge in [0.05, 0.1) is 0 Å². The average molecular weight is 808 g/mol. The maximum Gasteiger partial charge on any atom is 0.407 e. The number of aryl methyl sites for hydroxylation is 1. The van der Waals surface area contributed by atoms with Crippen LogP contribution in [0.1, 0.15) is 28.2 Å². The number of anilines is 1. The van der Waals surface area contributed by atoms with Crippen LogP contribution in [-0.4, -0.2) is 83.9 Å². The number of carboxylic acids is 1. The second-order valence-corrected chi connectivity index (χ2v) is 16.4. The van der Waals surface area contributed by atoms with Crippen molar-refractivity contribution < 1.29 is 33.1 Å². The van der Waals surface area contributed by atoms with Gasteiger partial charge >= 0.3 is 12.6 Å². The molecule has 0 bridgehead atoms. The molecule has 2 fully saturated rings. The number of carboxylic acid groups (broad SMARTS) is 1. The van der Waals surface area contributed by atoms with Crippen LogP contribution in [-0.2, 0) is 24.8 Å². The number of oxime groups is 1. The van der Waals surface area contributed by atoms with Gasteiger partial charge in [-0.3, -0.25) is 14.4 Å². The Morgan fingerprint density at radius 3 is 2.19 bits per heavy atom. The van der Waals surface area contributed by atoms with Crippen molar-refractivity contribution >= 4 is 75.0 Å². The van der Waals surface area contributed by atoms with E-state index in [0.29, 0.717) is 15.3 Å². The Morgan fingerprint density at radius 1 is 1.04 bits per heavy atom. The molecule has 5 aromatic rings. The Morgan fingerprint density at radius 2 is 1.65 bits per heavy atom. The normalized spacial score (nSPS) is 19.9. The number of aromatic nitrogens is 3. The largest absolute Gasteiger partial charge is 0.481 e. The Balaban J connectivity index is 1.12. The van der Waals surface area contributed by atoms with Crippen LogP contribution in [0.4, 0.5) is 13.9 Å². The maximum atomic E-state index is 13.7. The van der Waals surface area contributed by atoms with Crippen molar-refractivity contribution in [1.82, 2.24) is 24.6 Å². The van der Waals surface area contributed by atoms with Gasteiger partial charge in [0.1, 0.15) is 33.9 Å². The molecule has 2 aromatic heterocycles. The zero-order valence-electron chi connectivity index (χ0n) is 28.3. The summed E-state index contributed by atoms with van der Waals surface area (Å²) in [4.78, 5) is 54.1. The number of thiazole rings is 1. The number of hydrogen-bond donors (Lipinski definition) is 3. The smallest absolute Gasteiger partial charge is 0.407 e. The second kappa shape index (κ2) is 15.8. The highest BCUT2D eigenvalue weighted by atomic mass is 32.2. The Bertz CT molecular complexity index is 2060. The first-order valence-electron chi connectivity index (χ1n) is 16.4. The van der Waals surface area contributed by atoms with Crippen LogP contribution in [0.25, 0.3) is 0 Å². The lowest BCUT2D eigenvalue weighted by Gasteiger charge is -2.53. The molecule has 0 aliphatic carbocycles. The van der Waals surface area contributed by atoms with Gasteiger partial charge in [-0.1, -0.05) is 108 Å². The Hall–Kier alpha value is -4.91. The minimum absolute atomic E-state index is 0.0579. The molecule has 0 radical (unpaired) electrons. The summed E-state index contributed by atoms with van der Waals surface area (Å²) in [6.45, 7) is -1.65. The van der Waals surface area contributed by atoms with E-state index in [9.17, 15) is 28.3 Å². The van der Waals surface area contributed by atoms with E-state index < -0.39 is 52.5 Å². The lowest BCUT2D eigenvalue weighted by atomic mass is 9.77. The highest BCUT2D eigenvalue weighted by Gasteiger charge is 2.57. The average Bonchev–Trinajstić information content (AvgIpc) is 3.84. The molecule has 2 aliphatic heterocycles. The predicted molar refractivity (Wildman–Crippen MR) is 204 cm³/mol. The molecule has 2 saturated heterocycles. The molecule has 12 nitrogen and oxygen atoms in total. The number of amides is 2. The number of β-lactam (4-membered cyclic amide) rings is 1. The summed E-state index contributed by atoms with van der Waals surface area (Å²) in [6.07, 6.45) is 0. The molecule has 7 rings (SSSR count). The molecule has 54 heavy (non-hydrogen) atoms. The van der Waals surface area contributed by atoms with Gasteiger partial charge in [0.15, 0.2) is 15.2 Å². The monoisotopic (exact) mass is 807 g/mol. The van der Waals surface area contributed by atoms with Crippen LogP contribution in [0.3, 0.4) is 0 Å². The molecule has 18 heteroatoms. The SMILES string of the molecule is Cc1nsc(SCC2(C(=O)O)CS[C@@H]3C(NC(=O)C(=NOC(F)F)c4csc(NC(c5ccccc5)(c5ccccc5)c5ccccc5)n4)C(=O)N3C2)n1. The number of alkyl halides is 2. The quantitative estimate of drug-likeness (QED) is 0.0403. The molecule has 3 atom stereocenters. The summed E-state index contributed by atoms with van der Waals surface area (Å²) >= 11 is 4.80. The molecule has 3 N–H and O–H groups in total. The fourth-order valence-corrected chi connectivity index (χ4v) is 10.6. The van der Waals surface area contributed by atoms with Crippen LogP contribution < -0.4 is 10.6 Å². The minimum Gasteiger partial charge on any atom is -0.481 e. The van der Waals surface area contributed by atoms with Gasteiger partial charge in [0.25, 0.3) is 5.91 Å². The van der Waals surface area contributed by atoms with Gasteiger partial charge in [-0.25, -0.2) is 9.97 Å². The molecule has 0 spiro atoms. The first kappa shape index (κ1) is 37.4. The van der Waals surface area contributed by atoms with E-state index in [1.807, 2.05) is 91.0 Å². The van der Waals surface area contributed by atoms with E-state index in [4.69, 9.17) is 0 Å². The van der Waals surface area contributed by atoms with E-state index in [0.717, 1.165) is 28.0 Å². The number of benzene rings is 3. The van der Waals surface area contributed by atoms with Crippen LogP contribution in [0.2, 0.25) is 0 Å². The molecule has 2 unspecified atom stereocenters. The molecular weight excluding hydrogens is 777 g/mol. The number of thioether (sulfide) groups is 2. The van der Waals surface area contributed by atoms with Crippen molar-refractivity contribution in [3.05, 3.63) is 125 Å². The lowest BCUT2D eigenvalue weighted by molar-refractivity contribution is -0.157. The molecular formula is C36H31F2N7O5S4. The summed E-state index contributed by atoms with van der Waals surface area (Å²) in [5, 5.41) is 21.1. The van der Waals surface area contributed by atoms with Crippen molar-refractivity contribution in [1.29, 1.82) is 0 Å². The number of fused-ring (bicyclic) bond motifs is 1. The van der Waals surface area contributed by atoms with Gasteiger partial charge in [0, 0.05) is 23.4 Å². The Labute approximate surface area is 324 Å². The number of rotatable bonds is 14. The van der Waals surface area contributed by atoms with Crippen LogP contribution in [0.15, 0.2) is 106 Å². The van der Waals surface area contributed by atoms with Crippen molar-refractivity contribution in [3.63, 3.8) is 0 Å². The van der Waals surface area contributed by atoms with Crippen LogP contribution >= 0.6 is 46.4 Å². The Kier molecular flexibility index (Phi) is 11.0. The first-order valence-corrected chi connectivity index (χ1v) is 20.1. The van der Waals surface area contributed by atoms with E-state index >= 15 is 0 Å². The van der Waals surface area contributed by atoms with E-state index in [2.05, 4.69) is 35.0 Å². The molecule has 2 aliphatic rings. The molecule has 3 aromatic carbocycles. The third-order valence-electron chi connectivity index (χ3n) is 8.97. The molecule has 278 valence electrons. The third-order valence-corrected chi connectivity index (χ3v) is 13.5.